The van der Waals surface area contributed by atoms with Crippen molar-refractivity contribution in [3.05, 3.63) is 12.2 Å². The summed E-state index contributed by atoms with van der Waals surface area (Å²) in [5.41, 5.74) is 0. The number of ketones is 1. The average molecular weight is 282 g/mol. The quantitative estimate of drug-likeness (QED) is 0.478. The first kappa shape index (κ1) is 18.8. The van der Waals surface area contributed by atoms with Crippen molar-refractivity contribution in [2.24, 2.45) is 5.92 Å². The Balaban J connectivity index is 4.51. The van der Waals surface area contributed by atoms with Gasteiger partial charge in [-0.15, -0.1) is 0 Å². The maximum Gasteiger partial charge on any atom is 0.237 e. The molecule has 2 N–H and O–H groups in total. The minimum absolute atomic E-state index is 0.00184. The first-order valence-corrected chi connectivity index (χ1v) is 7.58. The molecule has 0 aliphatic heterocycles. The van der Waals surface area contributed by atoms with Crippen molar-refractivity contribution < 1.29 is 9.59 Å². The Morgan fingerprint density at radius 3 is 2.30 bits per heavy atom. The van der Waals surface area contributed by atoms with Crippen molar-refractivity contribution in [1.82, 2.24) is 10.6 Å². The molecule has 4 nitrogen and oxygen atoms in total. The summed E-state index contributed by atoms with van der Waals surface area (Å²) in [7, 11) is 1.81. The van der Waals surface area contributed by atoms with Crippen molar-refractivity contribution in [3.63, 3.8) is 0 Å². The van der Waals surface area contributed by atoms with Crippen LogP contribution in [0, 0.1) is 5.92 Å². The van der Waals surface area contributed by atoms with Gasteiger partial charge < -0.3 is 10.6 Å². The molecule has 0 aromatic rings. The molecule has 0 spiro atoms. The molecule has 0 fully saturated rings. The van der Waals surface area contributed by atoms with Crippen LogP contribution in [-0.2, 0) is 9.59 Å². The second-order valence-corrected chi connectivity index (χ2v) is 5.59. The minimum Gasteiger partial charge on any atom is -0.348 e. The molecule has 0 aromatic carbocycles. The normalized spacial score (nSPS) is 14.5. The lowest BCUT2D eigenvalue weighted by Gasteiger charge is -2.23. The number of carbonyl (C=O) groups is 2. The number of likely N-dealkylation sites (N-methyl/N-ethyl adjacent to an activating group) is 1. The van der Waals surface area contributed by atoms with Gasteiger partial charge in [-0.3, -0.25) is 9.59 Å². The van der Waals surface area contributed by atoms with Gasteiger partial charge >= 0.3 is 0 Å². The first-order valence-electron chi connectivity index (χ1n) is 7.58. The van der Waals surface area contributed by atoms with E-state index in [0.717, 1.165) is 25.7 Å². The molecule has 0 saturated heterocycles. The van der Waals surface area contributed by atoms with Gasteiger partial charge in [0.2, 0.25) is 5.91 Å². The van der Waals surface area contributed by atoms with E-state index >= 15 is 0 Å². The zero-order valence-corrected chi connectivity index (χ0v) is 13.5. The van der Waals surface area contributed by atoms with Gasteiger partial charge in [-0.05, 0) is 32.4 Å². The van der Waals surface area contributed by atoms with Gasteiger partial charge in [0, 0.05) is 6.04 Å². The molecule has 2 atom stereocenters. The summed E-state index contributed by atoms with van der Waals surface area (Å²) in [6.45, 7) is 7.72. The van der Waals surface area contributed by atoms with Gasteiger partial charge in [0.05, 0.1) is 6.04 Å². The van der Waals surface area contributed by atoms with Crippen molar-refractivity contribution >= 4 is 11.7 Å². The van der Waals surface area contributed by atoms with Crippen molar-refractivity contribution in [2.75, 3.05) is 7.05 Å². The van der Waals surface area contributed by atoms with Crippen LogP contribution in [0.1, 0.15) is 53.4 Å². The summed E-state index contributed by atoms with van der Waals surface area (Å²) in [5.74, 6) is 0.260. The maximum atomic E-state index is 12.2. The number of rotatable bonds is 10. The van der Waals surface area contributed by atoms with Crippen LogP contribution in [-0.4, -0.2) is 30.8 Å². The van der Waals surface area contributed by atoms with Crippen LogP contribution < -0.4 is 10.6 Å². The minimum atomic E-state index is -0.159. The maximum absolute atomic E-state index is 12.2. The molecule has 20 heavy (non-hydrogen) atoms. The fourth-order valence-electron chi connectivity index (χ4n) is 1.95. The number of amides is 1. The van der Waals surface area contributed by atoms with Gasteiger partial charge in [-0.1, -0.05) is 46.1 Å². The van der Waals surface area contributed by atoms with Crippen LogP contribution in [0.4, 0.5) is 0 Å². The summed E-state index contributed by atoms with van der Waals surface area (Å²) < 4.78 is 0. The summed E-state index contributed by atoms with van der Waals surface area (Å²) >= 11 is 0. The van der Waals surface area contributed by atoms with E-state index in [1.54, 1.807) is 6.08 Å². The van der Waals surface area contributed by atoms with Crippen LogP contribution in [0.3, 0.4) is 0 Å². The number of carbonyl (C=O) groups excluding carboxylic acids is 2. The van der Waals surface area contributed by atoms with Crippen molar-refractivity contribution in [3.8, 4) is 0 Å². The Morgan fingerprint density at radius 2 is 1.85 bits per heavy atom. The lowest BCUT2D eigenvalue weighted by Crippen LogP contribution is -2.47. The third-order valence-corrected chi connectivity index (χ3v) is 3.33. The number of nitrogens with one attached hydrogen (secondary N) is 2. The second kappa shape index (κ2) is 10.6. The second-order valence-electron chi connectivity index (χ2n) is 5.59. The molecule has 0 bridgehead atoms. The standard InChI is InChI=1S/C16H30N2O2/c1-6-7-8-9-15(17-5)16(20)18-14(12(2)3)11-10-13(4)19/h10-12,14-15,17H,6-9H2,1-5H3,(H,18,20)/b11-10+/t14-,15+/m1/s1. The third kappa shape index (κ3) is 8.10. The van der Waals surface area contributed by atoms with Crippen molar-refractivity contribution in [2.45, 2.75) is 65.5 Å². The van der Waals surface area contributed by atoms with E-state index in [9.17, 15) is 9.59 Å². The molecule has 0 rings (SSSR count). The Hall–Kier alpha value is -1.16. The van der Waals surface area contributed by atoms with Gasteiger partial charge in [-0.25, -0.2) is 0 Å². The Morgan fingerprint density at radius 1 is 1.20 bits per heavy atom. The number of unbranched alkanes of at least 4 members (excludes halogenated alkanes) is 2. The predicted molar refractivity (Wildman–Crippen MR) is 83.6 cm³/mol. The van der Waals surface area contributed by atoms with Gasteiger partial charge in [0.1, 0.15) is 0 Å². The van der Waals surface area contributed by atoms with Gasteiger partial charge in [0.25, 0.3) is 0 Å². The number of hydrogen-bond acceptors (Lipinski definition) is 3. The van der Waals surface area contributed by atoms with E-state index in [1.807, 2.05) is 20.9 Å². The largest absolute Gasteiger partial charge is 0.348 e. The van der Waals surface area contributed by atoms with Crippen LogP contribution in [0.5, 0.6) is 0 Å². The molecule has 0 saturated carbocycles. The first-order chi connectivity index (χ1) is 9.42. The Bertz CT molecular complexity index is 324. The lowest BCUT2D eigenvalue weighted by molar-refractivity contribution is -0.124. The molecule has 0 aliphatic rings. The molecule has 0 radical (unpaired) electrons. The zero-order valence-electron chi connectivity index (χ0n) is 13.5. The van der Waals surface area contributed by atoms with Crippen LogP contribution in [0.2, 0.25) is 0 Å². The molecule has 0 unspecified atom stereocenters. The molecular weight excluding hydrogens is 252 g/mol. The Labute approximate surface area is 123 Å². The molecular formula is C16H30N2O2. The molecule has 0 heterocycles. The Kier molecular flexibility index (Phi) is 9.99. The summed E-state index contributed by atoms with van der Waals surface area (Å²) in [4.78, 5) is 23.2. The highest BCUT2D eigenvalue weighted by Gasteiger charge is 2.20. The average Bonchev–Trinajstić information content (AvgIpc) is 2.38. The SMILES string of the molecule is CCCCC[C@H](NC)C(=O)N[C@H](/C=C/C(C)=O)C(C)C. The lowest BCUT2D eigenvalue weighted by atomic mass is 10.0. The highest BCUT2D eigenvalue weighted by Crippen LogP contribution is 2.07. The summed E-state index contributed by atoms with van der Waals surface area (Å²) in [6, 6.07) is -0.262. The molecule has 4 heteroatoms. The van der Waals surface area contributed by atoms with E-state index in [2.05, 4.69) is 17.6 Å². The summed E-state index contributed by atoms with van der Waals surface area (Å²) in [5, 5.41) is 6.08. The monoisotopic (exact) mass is 282 g/mol. The highest BCUT2D eigenvalue weighted by molar-refractivity contribution is 5.87. The van der Waals surface area contributed by atoms with E-state index in [0.29, 0.717) is 0 Å². The van der Waals surface area contributed by atoms with Crippen LogP contribution in [0.15, 0.2) is 12.2 Å². The molecule has 116 valence electrons. The fraction of sp³-hybridized carbons (Fsp3) is 0.750. The van der Waals surface area contributed by atoms with E-state index in [-0.39, 0.29) is 29.7 Å². The fourth-order valence-corrected chi connectivity index (χ4v) is 1.95. The molecule has 1 amide bonds. The van der Waals surface area contributed by atoms with Gasteiger partial charge in [0.15, 0.2) is 5.78 Å². The zero-order chi connectivity index (χ0) is 15.5. The summed E-state index contributed by atoms with van der Waals surface area (Å²) in [6.07, 6.45) is 7.49. The van der Waals surface area contributed by atoms with Crippen LogP contribution >= 0.6 is 0 Å². The van der Waals surface area contributed by atoms with Crippen molar-refractivity contribution in [1.29, 1.82) is 0 Å². The molecule has 0 aliphatic carbocycles. The van der Waals surface area contributed by atoms with E-state index in [4.69, 9.17) is 0 Å². The third-order valence-electron chi connectivity index (χ3n) is 3.33. The van der Waals surface area contributed by atoms with E-state index in [1.165, 1.54) is 13.0 Å². The van der Waals surface area contributed by atoms with Gasteiger partial charge in [-0.2, -0.15) is 0 Å². The topological polar surface area (TPSA) is 58.2 Å². The number of hydrogen-bond donors (Lipinski definition) is 2. The predicted octanol–water partition coefficient (Wildman–Crippen LogP) is 2.44. The smallest absolute Gasteiger partial charge is 0.237 e. The molecule has 0 aromatic heterocycles. The number of allylic oxidation sites excluding steroid dienone is 1. The van der Waals surface area contributed by atoms with E-state index < -0.39 is 0 Å². The van der Waals surface area contributed by atoms with Crippen LogP contribution in [0.25, 0.3) is 0 Å². The highest BCUT2D eigenvalue weighted by atomic mass is 16.2.